The quantitative estimate of drug-likeness (QED) is 0.903. The zero-order chi connectivity index (χ0) is 12.1. The van der Waals surface area contributed by atoms with Crippen LogP contribution in [0, 0.1) is 0 Å². The van der Waals surface area contributed by atoms with E-state index >= 15 is 0 Å². The van der Waals surface area contributed by atoms with Crippen molar-refractivity contribution in [2.24, 2.45) is 0 Å². The molecule has 0 aromatic heterocycles. The minimum absolute atomic E-state index is 0.0128. The molecule has 0 amide bonds. The van der Waals surface area contributed by atoms with Crippen LogP contribution in [0.5, 0.6) is 0 Å². The molecule has 1 aromatic rings. The molecule has 1 N–H and O–H groups in total. The number of hydrogen-bond donors (Lipinski definition) is 1. The Morgan fingerprint density at radius 3 is 2.65 bits per heavy atom. The molecule has 0 spiro atoms. The van der Waals surface area contributed by atoms with E-state index in [0.717, 1.165) is 24.1 Å². The van der Waals surface area contributed by atoms with E-state index in [2.05, 4.69) is 45.5 Å². The molecule has 1 fully saturated rings. The van der Waals surface area contributed by atoms with Gasteiger partial charge in [0.05, 0.1) is 12.1 Å². The predicted molar refractivity (Wildman–Crippen MR) is 74.2 cm³/mol. The summed E-state index contributed by atoms with van der Waals surface area (Å²) in [6.07, 6.45) is 4.87. The number of halogens is 1. The van der Waals surface area contributed by atoms with E-state index in [0.29, 0.717) is 0 Å². The molecule has 3 heteroatoms. The molecular weight excluding hydrogens is 278 g/mol. The van der Waals surface area contributed by atoms with Crippen molar-refractivity contribution in [1.29, 1.82) is 0 Å². The van der Waals surface area contributed by atoms with Crippen molar-refractivity contribution in [3.05, 3.63) is 34.3 Å². The van der Waals surface area contributed by atoms with Gasteiger partial charge >= 0.3 is 0 Å². The van der Waals surface area contributed by atoms with Gasteiger partial charge in [-0.15, -0.1) is 0 Å². The van der Waals surface area contributed by atoms with Gasteiger partial charge in [-0.25, -0.2) is 0 Å². The van der Waals surface area contributed by atoms with Gasteiger partial charge < -0.3 is 10.1 Å². The van der Waals surface area contributed by atoms with E-state index in [1.807, 2.05) is 7.05 Å². The number of likely N-dealkylation sites (N-methyl/N-ethyl adjacent to an activating group) is 1. The second kappa shape index (κ2) is 5.98. The Hall–Kier alpha value is -0.380. The normalized spacial score (nSPS) is 26.2. The third kappa shape index (κ3) is 3.09. The number of benzene rings is 1. The highest BCUT2D eigenvalue weighted by Crippen LogP contribution is 2.30. The smallest absolute Gasteiger partial charge is 0.0690 e. The summed E-state index contributed by atoms with van der Waals surface area (Å²) in [6.45, 7) is 1.66. The summed E-state index contributed by atoms with van der Waals surface area (Å²) < 4.78 is 6.92. The second-order valence-electron chi connectivity index (χ2n) is 4.70. The number of hydrogen-bond acceptors (Lipinski definition) is 2. The number of rotatable bonds is 2. The van der Waals surface area contributed by atoms with Crippen LogP contribution in [0.4, 0.5) is 0 Å². The van der Waals surface area contributed by atoms with Crippen LogP contribution in [0.3, 0.4) is 0 Å². The van der Waals surface area contributed by atoms with E-state index in [4.69, 9.17) is 4.74 Å². The third-order valence-electron chi connectivity index (χ3n) is 3.62. The second-order valence-corrected chi connectivity index (χ2v) is 5.62. The van der Waals surface area contributed by atoms with Crippen LogP contribution in [-0.4, -0.2) is 20.3 Å². The van der Waals surface area contributed by atoms with Gasteiger partial charge in [-0.1, -0.05) is 40.9 Å². The Bertz CT molecular complexity index is 342. The lowest BCUT2D eigenvalue weighted by atomic mass is 9.85. The Morgan fingerprint density at radius 2 is 1.94 bits per heavy atom. The molecule has 2 nitrogen and oxygen atoms in total. The molecule has 1 aliphatic heterocycles. The third-order valence-corrected chi connectivity index (χ3v) is 4.14. The van der Waals surface area contributed by atoms with Gasteiger partial charge in [0.1, 0.15) is 0 Å². The fourth-order valence-electron chi connectivity index (χ4n) is 2.46. The fraction of sp³-hybridized carbons (Fsp3) is 0.571. The van der Waals surface area contributed by atoms with Crippen molar-refractivity contribution in [1.82, 2.24) is 5.32 Å². The molecule has 1 saturated heterocycles. The van der Waals surface area contributed by atoms with Gasteiger partial charge in [-0.3, -0.25) is 0 Å². The van der Waals surface area contributed by atoms with Gasteiger partial charge in [0.25, 0.3) is 0 Å². The summed E-state index contributed by atoms with van der Waals surface area (Å²) in [5.74, 6) is 0. The number of ether oxygens (including phenoxy) is 1. The average molecular weight is 298 g/mol. The molecular formula is C14H20BrNO. The molecule has 94 valence electrons. The highest BCUT2D eigenvalue weighted by atomic mass is 79.9. The van der Waals surface area contributed by atoms with Crippen molar-refractivity contribution in [3.8, 4) is 0 Å². The van der Waals surface area contributed by atoms with Crippen molar-refractivity contribution < 1.29 is 4.74 Å². The maximum Gasteiger partial charge on any atom is 0.0690 e. The highest BCUT2D eigenvalue weighted by molar-refractivity contribution is 9.10. The van der Waals surface area contributed by atoms with Crippen LogP contribution < -0.4 is 5.32 Å². The zero-order valence-electron chi connectivity index (χ0n) is 10.3. The van der Waals surface area contributed by atoms with Gasteiger partial charge in [0.2, 0.25) is 0 Å². The highest BCUT2D eigenvalue weighted by Gasteiger charge is 2.31. The number of nitrogens with one attached hydrogen (secondary N) is 1. The van der Waals surface area contributed by atoms with Crippen LogP contribution in [0.15, 0.2) is 28.7 Å². The molecule has 0 bridgehead atoms. The van der Waals surface area contributed by atoms with Crippen LogP contribution >= 0.6 is 15.9 Å². The van der Waals surface area contributed by atoms with Crippen LogP contribution in [0.25, 0.3) is 0 Å². The summed E-state index contributed by atoms with van der Waals surface area (Å²) in [5, 5.41) is 3.48. The summed E-state index contributed by atoms with van der Waals surface area (Å²) in [5.41, 5.74) is 1.31. The molecule has 0 aliphatic carbocycles. The Labute approximate surface area is 112 Å². The Balaban J connectivity index is 2.24. The van der Waals surface area contributed by atoms with Crippen molar-refractivity contribution in [3.63, 3.8) is 0 Å². The van der Waals surface area contributed by atoms with E-state index < -0.39 is 0 Å². The first-order valence-electron chi connectivity index (χ1n) is 6.29. The van der Waals surface area contributed by atoms with Crippen LogP contribution in [-0.2, 0) is 10.3 Å². The molecule has 1 atom stereocenters. The first-order valence-corrected chi connectivity index (χ1v) is 7.09. The molecule has 1 heterocycles. The lowest BCUT2D eigenvalue weighted by Crippen LogP contribution is -2.45. The Kier molecular flexibility index (Phi) is 4.60. The first-order chi connectivity index (χ1) is 8.27. The minimum Gasteiger partial charge on any atom is -0.379 e. The van der Waals surface area contributed by atoms with E-state index in [1.54, 1.807) is 0 Å². The van der Waals surface area contributed by atoms with Crippen molar-refractivity contribution in [2.75, 3.05) is 20.3 Å². The van der Waals surface area contributed by atoms with Gasteiger partial charge in [0.15, 0.2) is 0 Å². The monoisotopic (exact) mass is 297 g/mol. The molecule has 0 radical (unpaired) electrons. The minimum atomic E-state index is -0.0128. The summed E-state index contributed by atoms with van der Waals surface area (Å²) in [4.78, 5) is 0. The maximum atomic E-state index is 5.79. The van der Waals surface area contributed by atoms with Gasteiger partial charge in [-0.2, -0.15) is 0 Å². The topological polar surface area (TPSA) is 21.3 Å². The van der Waals surface area contributed by atoms with E-state index in [1.165, 1.54) is 24.8 Å². The van der Waals surface area contributed by atoms with Gasteiger partial charge in [-0.05, 0) is 37.6 Å². The molecule has 2 rings (SSSR count). The predicted octanol–water partition coefficient (Wildman–Crippen LogP) is 3.45. The SMILES string of the molecule is CN[C@]1(c2ccc(Br)cc2)CCCCCOC1. The van der Waals surface area contributed by atoms with Crippen molar-refractivity contribution in [2.45, 2.75) is 31.2 Å². The Morgan fingerprint density at radius 1 is 1.18 bits per heavy atom. The van der Waals surface area contributed by atoms with Crippen molar-refractivity contribution >= 4 is 15.9 Å². The largest absolute Gasteiger partial charge is 0.379 e. The zero-order valence-corrected chi connectivity index (χ0v) is 11.9. The van der Waals surface area contributed by atoms with E-state index in [9.17, 15) is 0 Å². The first kappa shape index (κ1) is 13.1. The van der Waals surface area contributed by atoms with Crippen LogP contribution in [0.1, 0.15) is 31.2 Å². The fourth-order valence-corrected chi connectivity index (χ4v) is 2.73. The molecule has 0 saturated carbocycles. The molecule has 17 heavy (non-hydrogen) atoms. The lowest BCUT2D eigenvalue weighted by molar-refractivity contribution is 0.0501. The molecule has 1 aliphatic rings. The molecule has 0 unspecified atom stereocenters. The summed E-state index contributed by atoms with van der Waals surface area (Å²) in [6, 6.07) is 8.58. The average Bonchev–Trinajstić information content (AvgIpc) is 2.31. The van der Waals surface area contributed by atoms with E-state index in [-0.39, 0.29) is 5.54 Å². The van der Waals surface area contributed by atoms with Crippen LogP contribution in [0.2, 0.25) is 0 Å². The standard InChI is InChI=1S/C14H20BrNO/c1-16-14(9-3-2-4-10-17-11-14)12-5-7-13(15)8-6-12/h5-8,16H,2-4,9-11H2,1H3/t14-/m1/s1. The lowest BCUT2D eigenvalue weighted by Gasteiger charge is -2.35. The summed E-state index contributed by atoms with van der Waals surface area (Å²) in [7, 11) is 2.03. The maximum absolute atomic E-state index is 5.79. The molecule has 1 aromatic carbocycles. The van der Waals surface area contributed by atoms with Gasteiger partial charge in [0, 0.05) is 11.1 Å². The summed E-state index contributed by atoms with van der Waals surface area (Å²) >= 11 is 3.49.